The number of nitrogens with zero attached hydrogens (tertiary/aromatic N) is 6. The lowest BCUT2D eigenvalue weighted by atomic mass is 10.0. The van der Waals surface area contributed by atoms with Crippen molar-refractivity contribution >= 4 is 35.0 Å². The van der Waals surface area contributed by atoms with Crippen molar-refractivity contribution in [1.29, 1.82) is 0 Å². The minimum atomic E-state index is -1.04. The van der Waals surface area contributed by atoms with E-state index in [4.69, 9.17) is 22.1 Å². The maximum absolute atomic E-state index is 14.0. The minimum absolute atomic E-state index is 0.168. The number of pyridine rings is 1. The number of aromatic amines is 1. The zero-order valence-corrected chi connectivity index (χ0v) is 27.1. The Morgan fingerprint density at radius 3 is 2.38 bits per heavy atom. The molecule has 246 valence electrons. The minimum Gasteiger partial charge on any atom is -0.436 e. The summed E-state index contributed by atoms with van der Waals surface area (Å²) >= 11 is 6.44. The topological polar surface area (TPSA) is 143 Å². The van der Waals surface area contributed by atoms with Gasteiger partial charge in [0.05, 0.1) is 16.8 Å². The average Bonchev–Trinajstić information content (AvgIpc) is 3.51. The number of carbonyl (C=O) groups excluding carboxylic acids is 2. The number of piperazine rings is 1. The molecule has 2 aromatic heterocycles. The summed E-state index contributed by atoms with van der Waals surface area (Å²) in [5, 5.41) is 4.94. The van der Waals surface area contributed by atoms with Crippen LogP contribution in [0, 0.1) is 0 Å². The highest BCUT2D eigenvalue weighted by atomic mass is 35.5. The number of H-pyrrole nitrogens is 1. The van der Waals surface area contributed by atoms with Crippen molar-refractivity contribution in [3.63, 3.8) is 0 Å². The molecule has 2 aliphatic heterocycles. The van der Waals surface area contributed by atoms with Gasteiger partial charge in [-0.1, -0.05) is 54.9 Å². The van der Waals surface area contributed by atoms with Crippen molar-refractivity contribution in [1.82, 2.24) is 29.5 Å². The van der Waals surface area contributed by atoms with E-state index in [1.165, 1.54) is 4.68 Å². The van der Waals surface area contributed by atoms with Crippen LogP contribution in [0.2, 0.25) is 5.02 Å². The van der Waals surface area contributed by atoms with E-state index in [1.807, 2.05) is 55.5 Å². The number of carbonyl (C=O) groups is 2. The number of likely N-dealkylation sites (tertiary alicyclic amines) is 1. The highest BCUT2D eigenvalue weighted by Crippen LogP contribution is 2.28. The van der Waals surface area contributed by atoms with Crippen LogP contribution in [0.3, 0.4) is 0 Å². The maximum Gasteiger partial charge on any atom is 0.410 e. The maximum atomic E-state index is 14.0. The van der Waals surface area contributed by atoms with Crippen LogP contribution in [0.25, 0.3) is 11.4 Å². The van der Waals surface area contributed by atoms with Crippen LogP contribution in [0.15, 0.2) is 71.8 Å². The molecule has 2 fully saturated rings. The first-order chi connectivity index (χ1) is 22.8. The highest BCUT2D eigenvalue weighted by Gasteiger charge is 2.34. The standard InChI is InChI=1S/C34H39ClN8O4/c1-2-24-20-23(21-28(35)30(24)36)22-29(32(44)41-18-16-40(17-19-41)26-8-12-37-13-9-26)47-34(46)42-14-10-27(11-15-42)43-33(45)38-31(39-43)25-6-4-3-5-7-25/h3-9,12-13,20-21,27,29H,2,10-11,14-19,22,36H2,1H3,(H,38,39,45)/t29-/m1/s1. The Bertz CT molecular complexity index is 1750. The van der Waals surface area contributed by atoms with Gasteiger partial charge in [0.25, 0.3) is 5.91 Å². The third kappa shape index (κ3) is 7.27. The first-order valence-corrected chi connectivity index (χ1v) is 16.4. The predicted molar refractivity (Wildman–Crippen MR) is 180 cm³/mol. The van der Waals surface area contributed by atoms with Crippen LogP contribution in [0.5, 0.6) is 0 Å². The van der Waals surface area contributed by atoms with Gasteiger partial charge in [0.15, 0.2) is 11.9 Å². The number of nitrogen functional groups attached to an aromatic ring is 1. The van der Waals surface area contributed by atoms with E-state index in [9.17, 15) is 14.4 Å². The number of rotatable bonds is 8. The van der Waals surface area contributed by atoms with Crippen LogP contribution in [0.4, 0.5) is 16.2 Å². The lowest BCUT2D eigenvalue weighted by Crippen LogP contribution is -2.53. The van der Waals surface area contributed by atoms with Crippen LogP contribution in [-0.2, 0) is 22.4 Å². The van der Waals surface area contributed by atoms with E-state index < -0.39 is 12.2 Å². The molecule has 6 rings (SSSR count). The SMILES string of the molecule is CCc1cc(C[C@@H](OC(=O)N2CCC(n3nc(-c4ccccc4)[nH]c3=O)CC2)C(=O)N2CCN(c3ccncc3)CC2)cc(Cl)c1N. The molecule has 0 aliphatic carbocycles. The Morgan fingerprint density at radius 1 is 1.00 bits per heavy atom. The molecule has 0 unspecified atom stereocenters. The van der Waals surface area contributed by atoms with E-state index in [1.54, 1.807) is 28.3 Å². The molecule has 2 amide bonds. The summed E-state index contributed by atoms with van der Waals surface area (Å²) in [5.74, 6) is 0.263. The number of benzene rings is 2. The van der Waals surface area contributed by atoms with Crippen molar-refractivity contribution in [3.8, 4) is 11.4 Å². The molecule has 0 saturated carbocycles. The number of halogens is 1. The third-order valence-corrected chi connectivity index (χ3v) is 9.28. The first-order valence-electron chi connectivity index (χ1n) is 16.0. The van der Waals surface area contributed by atoms with Crippen molar-refractivity contribution in [2.75, 3.05) is 49.9 Å². The second kappa shape index (κ2) is 14.3. The van der Waals surface area contributed by atoms with E-state index in [0.29, 0.717) is 75.1 Å². The molecule has 3 N–H and O–H groups in total. The normalized spacial score (nSPS) is 16.3. The summed E-state index contributed by atoms with van der Waals surface area (Å²) in [5.41, 5.74) is 9.92. The number of piperidine rings is 1. The number of ether oxygens (including phenoxy) is 1. The predicted octanol–water partition coefficient (Wildman–Crippen LogP) is 4.17. The zero-order chi connectivity index (χ0) is 32.9. The molecule has 0 radical (unpaired) electrons. The molecular weight excluding hydrogens is 620 g/mol. The molecule has 0 spiro atoms. The summed E-state index contributed by atoms with van der Waals surface area (Å²) in [4.78, 5) is 52.7. The van der Waals surface area contributed by atoms with Gasteiger partial charge >= 0.3 is 11.8 Å². The molecule has 2 saturated heterocycles. The monoisotopic (exact) mass is 658 g/mol. The molecule has 2 aromatic carbocycles. The number of nitrogens with two attached hydrogens (primary N) is 1. The van der Waals surface area contributed by atoms with Crippen LogP contribution < -0.4 is 16.3 Å². The molecule has 1 atom stereocenters. The average molecular weight is 659 g/mol. The molecular formula is C34H39ClN8O4. The molecule has 4 aromatic rings. The van der Waals surface area contributed by atoms with Gasteiger partial charge in [0.1, 0.15) is 0 Å². The fraction of sp³-hybridized carbons (Fsp3) is 0.382. The number of anilines is 2. The van der Waals surface area contributed by atoms with Crippen molar-refractivity contribution in [3.05, 3.63) is 93.6 Å². The Morgan fingerprint density at radius 2 is 1.70 bits per heavy atom. The highest BCUT2D eigenvalue weighted by molar-refractivity contribution is 6.33. The van der Waals surface area contributed by atoms with Gasteiger partial charge in [-0.2, -0.15) is 0 Å². The molecule has 2 aliphatic rings. The molecule has 13 heteroatoms. The van der Waals surface area contributed by atoms with E-state index in [-0.39, 0.29) is 24.1 Å². The summed E-state index contributed by atoms with van der Waals surface area (Å²) in [6.45, 7) is 5.00. The summed E-state index contributed by atoms with van der Waals surface area (Å²) < 4.78 is 7.47. The number of aromatic nitrogens is 4. The molecule has 47 heavy (non-hydrogen) atoms. The van der Waals surface area contributed by atoms with E-state index in [0.717, 1.165) is 22.4 Å². The zero-order valence-electron chi connectivity index (χ0n) is 26.3. The second-order valence-electron chi connectivity index (χ2n) is 11.9. The van der Waals surface area contributed by atoms with Gasteiger partial charge in [-0.3, -0.25) is 14.8 Å². The summed E-state index contributed by atoms with van der Waals surface area (Å²) in [6, 6.07) is 16.9. The quantitative estimate of drug-likeness (QED) is 0.269. The smallest absolute Gasteiger partial charge is 0.410 e. The fourth-order valence-corrected chi connectivity index (χ4v) is 6.55. The second-order valence-corrected chi connectivity index (χ2v) is 12.3. The number of aryl methyl sites for hydroxylation is 1. The molecule has 12 nitrogen and oxygen atoms in total. The van der Waals surface area contributed by atoms with Crippen molar-refractivity contribution < 1.29 is 14.3 Å². The molecule has 4 heterocycles. The number of nitrogens with one attached hydrogen (secondary N) is 1. The number of amides is 2. The van der Waals surface area contributed by atoms with Crippen LogP contribution in [-0.4, -0.2) is 86.9 Å². The first kappa shape index (κ1) is 32.1. The Labute approximate surface area is 278 Å². The Kier molecular flexibility index (Phi) is 9.76. The van der Waals surface area contributed by atoms with Gasteiger partial charge in [0, 0.05) is 69.3 Å². The Hall–Kier alpha value is -4.84. The van der Waals surface area contributed by atoms with Crippen molar-refractivity contribution in [2.24, 2.45) is 0 Å². The summed E-state index contributed by atoms with van der Waals surface area (Å²) in [7, 11) is 0. The van der Waals surface area contributed by atoms with Crippen molar-refractivity contribution in [2.45, 2.75) is 44.8 Å². The van der Waals surface area contributed by atoms with E-state index >= 15 is 0 Å². The number of hydrogen-bond donors (Lipinski definition) is 2. The summed E-state index contributed by atoms with van der Waals surface area (Å²) in [6.07, 6.45) is 3.80. The van der Waals surface area contributed by atoms with Gasteiger partial charge < -0.3 is 25.2 Å². The lowest BCUT2D eigenvalue weighted by Gasteiger charge is -2.38. The third-order valence-electron chi connectivity index (χ3n) is 8.97. The fourth-order valence-electron chi connectivity index (χ4n) is 6.28. The van der Waals surface area contributed by atoms with Crippen LogP contribution >= 0.6 is 11.6 Å². The van der Waals surface area contributed by atoms with Gasteiger partial charge in [-0.15, -0.1) is 5.10 Å². The molecule has 0 bridgehead atoms. The van der Waals surface area contributed by atoms with Gasteiger partial charge in [-0.25, -0.2) is 14.3 Å². The van der Waals surface area contributed by atoms with Crippen LogP contribution in [0.1, 0.15) is 36.9 Å². The Balaban J connectivity index is 1.13. The van der Waals surface area contributed by atoms with E-state index in [2.05, 4.69) is 20.0 Å². The number of hydrogen-bond acceptors (Lipinski definition) is 8. The largest absolute Gasteiger partial charge is 0.436 e. The lowest BCUT2D eigenvalue weighted by molar-refractivity contribution is -0.141. The van der Waals surface area contributed by atoms with Gasteiger partial charge in [0.2, 0.25) is 0 Å². The van der Waals surface area contributed by atoms with Gasteiger partial charge in [-0.05, 0) is 48.6 Å².